The lowest BCUT2D eigenvalue weighted by molar-refractivity contribution is 0.509. The Hall–Kier alpha value is -0.520. The molecule has 1 atom stereocenters. The SMILES string of the molecule is C=C(CC(C)CCC=C(C)C)C(C)C. The molecule has 1 unspecified atom stereocenters. The van der Waals surface area contributed by atoms with Crippen LogP contribution in [0.2, 0.25) is 0 Å². The van der Waals surface area contributed by atoms with Crippen molar-refractivity contribution in [1.82, 2.24) is 0 Å². The van der Waals surface area contributed by atoms with Gasteiger partial charge in [0.25, 0.3) is 0 Å². The minimum Gasteiger partial charge on any atom is -0.0996 e. The second-order valence-corrected chi connectivity index (χ2v) is 4.98. The molecule has 82 valence electrons. The molecule has 0 amide bonds. The smallest absolute Gasteiger partial charge is 0.0263 e. The van der Waals surface area contributed by atoms with Crippen LogP contribution in [0.1, 0.15) is 53.9 Å². The van der Waals surface area contributed by atoms with E-state index in [2.05, 4.69) is 47.3 Å². The van der Waals surface area contributed by atoms with E-state index >= 15 is 0 Å². The van der Waals surface area contributed by atoms with Crippen molar-refractivity contribution in [2.45, 2.75) is 53.9 Å². The molecule has 0 fully saturated rings. The molecule has 0 bridgehead atoms. The van der Waals surface area contributed by atoms with E-state index in [9.17, 15) is 0 Å². The van der Waals surface area contributed by atoms with Crippen LogP contribution in [-0.2, 0) is 0 Å². The van der Waals surface area contributed by atoms with Crippen molar-refractivity contribution in [3.05, 3.63) is 23.8 Å². The van der Waals surface area contributed by atoms with Crippen molar-refractivity contribution in [2.75, 3.05) is 0 Å². The van der Waals surface area contributed by atoms with E-state index in [-0.39, 0.29) is 0 Å². The van der Waals surface area contributed by atoms with Crippen molar-refractivity contribution < 1.29 is 0 Å². The minimum absolute atomic E-state index is 0.640. The van der Waals surface area contributed by atoms with Crippen molar-refractivity contribution >= 4 is 0 Å². The van der Waals surface area contributed by atoms with Gasteiger partial charge in [-0.25, -0.2) is 0 Å². The quantitative estimate of drug-likeness (QED) is 0.524. The summed E-state index contributed by atoms with van der Waals surface area (Å²) in [6.07, 6.45) is 6.02. The van der Waals surface area contributed by atoms with Crippen LogP contribution >= 0.6 is 0 Å². The molecule has 0 heteroatoms. The first-order chi connectivity index (χ1) is 6.43. The standard InChI is InChI=1S/C14H26/c1-11(2)8-7-9-13(5)10-14(6)12(3)4/h8,12-13H,6-7,9-10H2,1-5H3. The fraction of sp³-hybridized carbons (Fsp3) is 0.714. The Morgan fingerprint density at radius 3 is 2.21 bits per heavy atom. The molecule has 0 radical (unpaired) electrons. The number of hydrogen-bond donors (Lipinski definition) is 0. The molecule has 0 rings (SSSR count). The first-order valence-corrected chi connectivity index (χ1v) is 5.74. The van der Waals surface area contributed by atoms with E-state index in [0.717, 1.165) is 5.92 Å². The number of rotatable bonds is 6. The second-order valence-electron chi connectivity index (χ2n) is 4.98. The van der Waals surface area contributed by atoms with Crippen LogP contribution in [0.15, 0.2) is 23.8 Å². The van der Waals surface area contributed by atoms with Crippen molar-refractivity contribution in [3.8, 4) is 0 Å². The molecule has 0 aromatic heterocycles. The van der Waals surface area contributed by atoms with Gasteiger partial charge < -0.3 is 0 Å². The fourth-order valence-electron chi connectivity index (χ4n) is 1.44. The monoisotopic (exact) mass is 194 g/mol. The normalized spacial score (nSPS) is 12.7. The molecule has 0 aliphatic carbocycles. The first-order valence-electron chi connectivity index (χ1n) is 5.74. The molecule has 0 N–H and O–H groups in total. The molecule has 0 nitrogen and oxygen atoms in total. The lowest BCUT2D eigenvalue weighted by atomic mass is 9.91. The van der Waals surface area contributed by atoms with E-state index in [0.29, 0.717) is 5.92 Å². The maximum Gasteiger partial charge on any atom is -0.0263 e. The summed E-state index contributed by atoms with van der Waals surface area (Å²) in [4.78, 5) is 0. The Bertz CT molecular complexity index is 192. The van der Waals surface area contributed by atoms with Gasteiger partial charge in [0.05, 0.1) is 0 Å². The molecule has 0 saturated carbocycles. The molecule has 0 aliphatic rings. The van der Waals surface area contributed by atoms with Crippen LogP contribution < -0.4 is 0 Å². The molecule has 0 aromatic rings. The van der Waals surface area contributed by atoms with Crippen LogP contribution in [0.25, 0.3) is 0 Å². The third-order valence-electron chi connectivity index (χ3n) is 2.64. The average Bonchev–Trinajstić information content (AvgIpc) is 2.02. The lowest BCUT2D eigenvalue weighted by Crippen LogP contribution is -2.00. The maximum atomic E-state index is 4.12. The van der Waals surface area contributed by atoms with E-state index in [4.69, 9.17) is 0 Å². The Kier molecular flexibility index (Phi) is 6.61. The van der Waals surface area contributed by atoms with Crippen molar-refractivity contribution in [3.63, 3.8) is 0 Å². The molecule has 0 saturated heterocycles. The van der Waals surface area contributed by atoms with Crippen LogP contribution in [-0.4, -0.2) is 0 Å². The van der Waals surface area contributed by atoms with Gasteiger partial charge >= 0.3 is 0 Å². The van der Waals surface area contributed by atoms with Gasteiger partial charge in [-0.15, -0.1) is 0 Å². The topological polar surface area (TPSA) is 0 Å². The molecule has 0 spiro atoms. The van der Waals surface area contributed by atoms with E-state index in [1.807, 2.05) is 0 Å². The third kappa shape index (κ3) is 6.94. The Labute approximate surface area is 90.1 Å². The van der Waals surface area contributed by atoms with Crippen molar-refractivity contribution in [2.24, 2.45) is 11.8 Å². The van der Waals surface area contributed by atoms with E-state index in [1.165, 1.54) is 30.4 Å². The van der Waals surface area contributed by atoms with Gasteiger partial charge in [-0.2, -0.15) is 0 Å². The molecule has 0 aliphatic heterocycles. The minimum atomic E-state index is 0.640. The van der Waals surface area contributed by atoms with Crippen LogP contribution in [0.4, 0.5) is 0 Å². The van der Waals surface area contributed by atoms with Gasteiger partial charge in [-0.05, 0) is 44.9 Å². The van der Waals surface area contributed by atoms with Crippen molar-refractivity contribution in [1.29, 1.82) is 0 Å². The summed E-state index contributed by atoms with van der Waals surface area (Å²) in [7, 11) is 0. The van der Waals surface area contributed by atoms with E-state index in [1.54, 1.807) is 0 Å². The molecular weight excluding hydrogens is 168 g/mol. The van der Waals surface area contributed by atoms with Gasteiger partial charge in [-0.3, -0.25) is 0 Å². The van der Waals surface area contributed by atoms with E-state index < -0.39 is 0 Å². The summed E-state index contributed by atoms with van der Waals surface area (Å²) >= 11 is 0. The number of allylic oxidation sites excluding steroid dienone is 3. The Morgan fingerprint density at radius 1 is 1.21 bits per heavy atom. The molecular formula is C14H26. The van der Waals surface area contributed by atoms with Gasteiger partial charge in [0, 0.05) is 0 Å². The summed E-state index contributed by atoms with van der Waals surface area (Å²) in [5.41, 5.74) is 2.83. The Morgan fingerprint density at radius 2 is 1.79 bits per heavy atom. The second kappa shape index (κ2) is 6.86. The summed E-state index contributed by atoms with van der Waals surface area (Å²) in [6.45, 7) is 15.2. The highest BCUT2D eigenvalue weighted by Gasteiger charge is 2.06. The summed E-state index contributed by atoms with van der Waals surface area (Å²) < 4.78 is 0. The van der Waals surface area contributed by atoms with Gasteiger partial charge in [0.2, 0.25) is 0 Å². The summed E-state index contributed by atoms with van der Waals surface area (Å²) in [5, 5.41) is 0. The largest absolute Gasteiger partial charge is 0.0996 e. The number of hydrogen-bond acceptors (Lipinski definition) is 0. The summed E-state index contributed by atoms with van der Waals surface area (Å²) in [5.74, 6) is 1.42. The highest BCUT2D eigenvalue weighted by atomic mass is 14.1. The zero-order valence-electron chi connectivity index (χ0n) is 10.6. The highest BCUT2D eigenvalue weighted by molar-refractivity contribution is 4.99. The fourth-order valence-corrected chi connectivity index (χ4v) is 1.44. The molecule has 14 heavy (non-hydrogen) atoms. The molecule has 0 aromatic carbocycles. The van der Waals surface area contributed by atoms with Gasteiger partial charge in [-0.1, -0.05) is 44.6 Å². The lowest BCUT2D eigenvalue weighted by Gasteiger charge is -2.14. The van der Waals surface area contributed by atoms with Gasteiger partial charge in [0.15, 0.2) is 0 Å². The highest BCUT2D eigenvalue weighted by Crippen LogP contribution is 2.20. The van der Waals surface area contributed by atoms with Crippen LogP contribution in [0, 0.1) is 11.8 Å². The predicted molar refractivity (Wildman–Crippen MR) is 66.4 cm³/mol. The van der Waals surface area contributed by atoms with Gasteiger partial charge in [0.1, 0.15) is 0 Å². The summed E-state index contributed by atoms with van der Waals surface area (Å²) in [6, 6.07) is 0. The Balaban J connectivity index is 3.71. The predicted octanol–water partition coefficient (Wildman–Crippen LogP) is 4.97. The molecule has 0 heterocycles. The third-order valence-corrected chi connectivity index (χ3v) is 2.64. The zero-order chi connectivity index (χ0) is 11.1. The average molecular weight is 194 g/mol. The van der Waals surface area contributed by atoms with Crippen LogP contribution in [0.3, 0.4) is 0 Å². The van der Waals surface area contributed by atoms with Crippen LogP contribution in [0.5, 0.6) is 0 Å². The first kappa shape index (κ1) is 13.5. The zero-order valence-corrected chi connectivity index (χ0v) is 10.6. The maximum absolute atomic E-state index is 4.12.